The van der Waals surface area contributed by atoms with Crippen molar-refractivity contribution in [1.82, 2.24) is 10.6 Å². The van der Waals surface area contributed by atoms with Crippen molar-refractivity contribution in [2.24, 2.45) is 35.0 Å². The van der Waals surface area contributed by atoms with E-state index in [0.717, 1.165) is 69.7 Å². The molecule has 4 rings (SSSR count). The summed E-state index contributed by atoms with van der Waals surface area (Å²) in [5, 5.41) is 15.4. The Kier molecular flexibility index (Phi) is 12.7. The summed E-state index contributed by atoms with van der Waals surface area (Å²) >= 11 is 0. The van der Waals surface area contributed by atoms with Crippen LogP contribution in [0.15, 0.2) is 0 Å². The molecule has 0 aromatic heterocycles. The van der Waals surface area contributed by atoms with Crippen LogP contribution in [-0.4, -0.2) is 46.2 Å². The maximum Gasteiger partial charge on any atom is 0.315 e. The van der Waals surface area contributed by atoms with E-state index in [1.165, 1.54) is 32.6 Å². The minimum absolute atomic E-state index is 0.0181. The second-order valence-electron chi connectivity index (χ2n) is 12.3. The smallest absolute Gasteiger partial charge is 0.315 e. The van der Waals surface area contributed by atoms with Crippen LogP contribution in [0.3, 0.4) is 0 Å². The highest BCUT2D eigenvalue weighted by Crippen LogP contribution is 2.33. The van der Waals surface area contributed by atoms with E-state index >= 15 is 0 Å². The first kappa shape index (κ1) is 32.2. The van der Waals surface area contributed by atoms with Gasteiger partial charge in [-0.05, 0) is 102 Å². The SMILES string of the molecule is CC(N)=O.CC1CCC(C)(O)CC1.CC1CCC(N)(C(N)=O)CC1.CC1CCC2(CC1)CNC(=O)N2. The fraction of sp³-hybridized carbons (Fsp3) is 0.889. The average molecular weight is 512 g/mol. The highest BCUT2D eigenvalue weighted by Gasteiger charge is 2.39. The lowest BCUT2D eigenvalue weighted by Crippen LogP contribution is -2.53. The van der Waals surface area contributed by atoms with Gasteiger partial charge in [0, 0.05) is 13.5 Å². The summed E-state index contributed by atoms with van der Waals surface area (Å²) in [6.07, 6.45) is 12.7. The van der Waals surface area contributed by atoms with Gasteiger partial charge in [-0.1, -0.05) is 20.8 Å². The molecule has 4 amide bonds. The lowest BCUT2D eigenvalue weighted by Gasteiger charge is -2.34. The molecule has 9 nitrogen and oxygen atoms in total. The Hall–Kier alpha value is -1.87. The number of amides is 4. The van der Waals surface area contributed by atoms with Crippen LogP contribution in [0.25, 0.3) is 0 Å². The number of rotatable bonds is 1. The summed E-state index contributed by atoms with van der Waals surface area (Å²) in [5.41, 5.74) is 14.5. The van der Waals surface area contributed by atoms with Gasteiger partial charge >= 0.3 is 6.03 Å². The number of primary amides is 2. The molecule has 0 unspecified atom stereocenters. The number of hydrogen-bond acceptors (Lipinski definition) is 5. The fourth-order valence-corrected chi connectivity index (χ4v) is 5.10. The number of nitrogens with two attached hydrogens (primary N) is 3. The Bertz CT molecular complexity index is 697. The van der Waals surface area contributed by atoms with Crippen molar-refractivity contribution in [3.05, 3.63) is 0 Å². The van der Waals surface area contributed by atoms with Crippen molar-refractivity contribution < 1.29 is 19.5 Å². The molecule has 1 heterocycles. The van der Waals surface area contributed by atoms with Crippen molar-refractivity contribution in [2.75, 3.05) is 6.54 Å². The monoisotopic (exact) mass is 511 g/mol. The number of aliphatic hydroxyl groups is 1. The maximum absolute atomic E-state index is 11.0. The standard InChI is InChI=1S/C9H16N2O.C8H16N2O.C8H16O.C2H5NO/c1-7-2-4-9(5-3-7)6-10-8(12)11-9;1-6-2-4-8(10,5-3-6)7(9)11;1-7-3-5-8(2,9)6-4-7;1-2(3)4/h7H,2-6H2,1H3,(H2,10,11,12);6H,2-5,10H2,1H3,(H2,9,11);7,9H,3-6H2,1-2H3;1H3,(H2,3,4). The molecule has 0 radical (unpaired) electrons. The summed E-state index contributed by atoms with van der Waals surface area (Å²) in [6.45, 7) is 10.8. The number of urea groups is 1. The van der Waals surface area contributed by atoms with E-state index in [-0.39, 0.29) is 29.0 Å². The van der Waals surface area contributed by atoms with E-state index in [0.29, 0.717) is 5.92 Å². The van der Waals surface area contributed by atoms with Gasteiger partial charge in [-0.25, -0.2) is 4.79 Å². The van der Waals surface area contributed by atoms with Gasteiger partial charge in [0.2, 0.25) is 11.8 Å². The molecule has 9 heteroatoms. The largest absolute Gasteiger partial charge is 0.390 e. The number of carbonyl (C=O) groups excluding carboxylic acids is 3. The zero-order valence-corrected chi connectivity index (χ0v) is 23.3. The molecule has 36 heavy (non-hydrogen) atoms. The van der Waals surface area contributed by atoms with E-state index in [9.17, 15) is 19.5 Å². The second kappa shape index (κ2) is 14.2. The van der Waals surface area contributed by atoms with Crippen molar-refractivity contribution in [3.63, 3.8) is 0 Å². The Morgan fingerprint density at radius 3 is 1.50 bits per heavy atom. The van der Waals surface area contributed by atoms with Gasteiger partial charge in [0.15, 0.2) is 0 Å². The molecule has 0 aromatic carbocycles. The molecule has 210 valence electrons. The van der Waals surface area contributed by atoms with Crippen LogP contribution < -0.4 is 27.8 Å². The molecule has 1 saturated heterocycles. The van der Waals surface area contributed by atoms with E-state index in [1.54, 1.807) is 0 Å². The Balaban J connectivity index is 0.000000254. The fourth-order valence-electron chi connectivity index (χ4n) is 5.10. The molecule has 3 saturated carbocycles. The zero-order valence-electron chi connectivity index (χ0n) is 23.3. The Morgan fingerprint density at radius 2 is 1.19 bits per heavy atom. The molecular weight excluding hydrogens is 458 g/mol. The van der Waals surface area contributed by atoms with Gasteiger partial charge in [0.1, 0.15) is 0 Å². The minimum atomic E-state index is -0.702. The third-order valence-corrected chi connectivity index (χ3v) is 8.21. The number of hydrogen-bond donors (Lipinski definition) is 6. The minimum Gasteiger partial charge on any atom is -0.390 e. The average Bonchev–Trinajstić information content (AvgIpc) is 3.15. The first-order valence-corrected chi connectivity index (χ1v) is 13.7. The van der Waals surface area contributed by atoms with Gasteiger partial charge in [0.05, 0.1) is 16.7 Å². The molecule has 0 aromatic rings. The molecule has 0 atom stereocenters. The first-order chi connectivity index (χ1) is 16.6. The molecular formula is C27H53N5O4. The maximum atomic E-state index is 11.0. The summed E-state index contributed by atoms with van der Waals surface area (Å²) in [7, 11) is 0. The van der Waals surface area contributed by atoms with Crippen molar-refractivity contribution in [3.8, 4) is 0 Å². The molecule has 1 aliphatic heterocycles. The molecule has 4 fully saturated rings. The second-order valence-corrected chi connectivity index (χ2v) is 12.3. The highest BCUT2D eigenvalue weighted by atomic mass is 16.3. The highest BCUT2D eigenvalue weighted by molar-refractivity contribution is 5.84. The third-order valence-electron chi connectivity index (χ3n) is 8.21. The third kappa shape index (κ3) is 11.9. The molecule has 3 aliphatic carbocycles. The van der Waals surface area contributed by atoms with Crippen LogP contribution >= 0.6 is 0 Å². The van der Waals surface area contributed by atoms with Gasteiger partial charge in [-0.2, -0.15) is 0 Å². The zero-order chi connectivity index (χ0) is 27.6. The van der Waals surface area contributed by atoms with E-state index in [4.69, 9.17) is 11.5 Å². The van der Waals surface area contributed by atoms with Crippen molar-refractivity contribution >= 4 is 17.8 Å². The molecule has 4 aliphatic rings. The van der Waals surface area contributed by atoms with Crippen LogP contribution in [0.4, 0.5) is 4.79 Å². The predicted molar refractivity (Wildman–Crippen MR) is 144 cm³/mol. The van der Waals surface area contributed by atoms with Gasteiger partial charge in [0.25, 0.3) is 0 Å². The normalized spacial score (nSPS) is 37.4. The van der Waals surface area contributed by atoms with Crippen molar-refractivity contribution in [2.45, 2.75) is 128 Å². The molecule has 0 bridgehead atoms. The van der Waals surface area contributed by atoms with Gasteiger partial charge < -0.3 is 32.9 Å². The summed E-state index contributed by atoms with van der Waals surface area (Å²) in [5.74, 6) is 1.70. The van der Waals surface area contributed by atoms with E-state index < -0.39 is 5.54 Å². The molecule has 9 N–H and O–H groups in total. The van der Waals surface area contributed by atoms with E-state index in [2.05, 4.69) is 37.1 Å². The van der Waals surface area contributed by atoms with Gasteiger partial charge in [-0.15, -0.1) is 0 Å². The summed E-state index contributed by atoms with van der Waals surface area (Å²) in [6, 6.07) is 0.0181. The molecule has 1 spiro atoms. The van der Waals surface area contributed by atoms with Crippen LogP contribution in [-0.2, 0) is 9.59 Å². The van der Waals surface area contributed by atoms with E-state index in [1.807, 2.05) is 6.92 Å². The topological polar surface area (TPSA) is 174 Å². The number of nitrogens with one attached hydrogen (secondary N) is 2. The van der Waals surface area contributed by atoms with Crippen molar-refractivity contribution in [1.29, 1.82) is 0 Å². The predicted octanol–water partition coefficient (Wildman–Crippen LogP) is 3.07. The van der Waals surface area contributed by atoms with Crippen LogP contribution in [0, 0.1) is 17.8 Å². The lowest BCUT2D eigenvalue weighted by molar-refractivity contribution is -0.124. The first-order valence-electron chi connectivity index (χ1n) is 13.7. The number of carbonyl (C=O) groups is 3. The van der Waals surface area contributed by atoms with Crippen LogP contribution in [0.5, 0.6) is 0 Å². The van der Waals surface area contributed by atoms with Crippen LogP contribution in [0.2, 0.25) is 0 Å². The quantitative estimate of drug-likeness (QED) is 0.317. The lowest BCUT2D eigenvalue weighted by atomic mass is 9.77. The van der Waals surface area contributed by atoms with Gasteiger partial charge in [-0.3, -0.25) is 9.59 Å². The van der Waals surface area contributed by atoms with Crippen LogP contribution in [0.1, 0.15) is 112 Å². The Labute approximate surface area is 218 Å². The summed E-state index contributed by atoms with van der Waals surface area (Å²) in [4.78, 5) is 31.1. The Morgan fingerprint density at radius 1 is 0.833 bits per heavy atom. The summed E-state index contributed by atoms with van der Waals surface area (Å²) < 4.78 is 0.